The molecule has 0 unspecified atom stereocenters. The van der Waals surface area contributed by atoms with Gasteiger partial charge in [0.25, 0.3) is 0 Å². The Morgan fingerprint density at radius 3 is 2.36 bits per heavy atom. The molecule has 0 bridgehead atoms. The van der Waals surface area contributed by atoms with Crippen LogP contribution in [-0.4, -0.2) is 6.36 Å². The third kappa shape index (κ3) is 2.76. The van der Waals surface area contributed by atoms with Crippen LogP contribution in [0.15, 0.2) is 16.6 Å². The molecule has 2 nitrogen and oxygen atoms in total. The number of nitrogens with two attached hydrogens (primary N) is 1. The Morgan fingerprint density at radius 1 is 1.29 bits per heavy atom. The second-order valence-corrected chi connectivity index (χ2v) is 3.15. The van der Waals surface area contributed by atoms with E-state index in [4.69, 9.17) is 5.73 Å². The van der Waals surface area contributed by atoms with Crippen molar-refractivity contribution in [3.05, 3.63) is 22.4 Å². The van der Waals surface area contributed by atoms with Gasteiger partial charge in [-0.05, 0) is 22.0 Å². The van der Waals surface area contributed by atoms with E-state index in [-0.39, 0.29) is 10.2 Å². The predicted molar refractivity (Wildman–Crippen MR) is 45.2 cm³/mol. The van der Waals surface area contributed by atoms with Gasteiger partial charge in [-0.2, -0.15) is 0 Å². The molecule has 0 radical (unpaired) electrons. The second-order valence-electron chi connectivity index (χ2n) is 2.35. The molecule has 0 fully saturated rings. The van der Waals surface area contributed by atoms with Crippen LogP contribution in [0, 0.1) is 5.82 Å². The smallest absolute Gasteiger partial charge is 0.404 e. The monoisotopic (exact) mass is 273 g/mol. The van der Waals surface area contributed by atoms with Gasteiger partial charge in [0, 0.05) is 6.07 Å². The molecule has 0 aliphatic heterocycles. The van der Waals surface area contributed by atoms with Gasteiger partial charge in [0.1, 0.15) is 11.6 Å². The average molecular weight is 274 g/mol. The molecule has 14 heavy (non-hydrogen) atoms. The van der Waals surface area contributed by atoms with Gasteiger partial charge in [0.15, 0.2) is 0 Å². The maximum Gasteiger partial charge on any atom is 0.573 e. The topological polar surface area (TPSA) is 35.2 Å². The zero-order chi connectivity index (χ0) is 10.9. The molecule has 1 rings (SSSR count). The molecular weight excluding hydrogens is 270 g/mol. The minimum atomic E-state index is -4.87. The molecule has 0 atom stereocenters. The summed E-state index contributed by atoms with van der Waals surface area (Å²) in [5.41, 5.74) is 5.04. The van der Waals surface area contributed by atoms with Gasteiger partial charge in [0.2, 0.25) is 0 Å². The number of ether oxygens (including phenoxy) is 1. The molecule has 0 amide bonds. The van der Waals surface area contributed by atoms with Crippen molar-refractivity contribution in [2.45, 2.75) is 6.36 Å². The van der Waals surface area contributed by atoms with Crippen LogP contribution in [-0.2, 0) is 0 Å². The summed E-state index contributed by atoms with van der Waals surface area (Å²) in [5.74, 6) is -1.60. The van der Waals surface area contributed by atoms with E-state index in [1.165, 1.54) is 0 Å². The van der Waals surface area contributed by atoms with Crippen LogP contribution in [0.2, 0.25) is 0 Å². The summed E-state index contributed by atoms with van der Waals surface area (Å²) in [6.45, 7) is 0. The zero-order valence-electron chi connectivity index (χ0n) is 6.53. The average Bonchev–Trinajstić information content (AvgIpc) is 1.96. The summed E-state index contributed by atoms with van der Waals surface area (Å²) in [6.07, 6.45) is -4.87. The number of anilines is 1. The van der Waals surface area contributed by atoms with Crippen molar-refractivity contribution in [1.82, 2.24) is 0 Å². The SMILES string of the molecule is Nc1cc(F)cc(OC(F)(F)F)c1Br. The van der Waals surface area contributed by atoms with Crippen molar-refractivity contribution in [2.24, 2.45) is 0 Å². The Labute approximate surface area is 84.8 Å². The minimum absolute atomic E-state index is 0.128. The van der Waals surface area contributed by atoms with Crippen LogP contribution in [0.5, 0.6) is 5.75 Å². The fraction of sp³-hybridized carbons (Fsp3) is 0.143. The van der Waals surface area contributed by atoms with Crippen LogP contribution in [0.4, 0.5) is 23.2 Å². The lowest BCUT2D eigenvalue weighted by Crippen LogP contribution is -2.17. The fourth-order valence-electron chi connectivity index (χ4n) is 0.783. The van der Waals surface area contributed by atoms with Gasteiger partial charge in [-0.25, -0.2) is 4.39 Å². The predicted octanol–water partition coefficient (Wildman–Crippen LogP) is 3.07. The lowest BCUT2D eigenvalue weighted by molar-refractivity contribution is -0.274. The Hall–Kier alpha value is -0.980. The van der Waals surface area contributed by atoms with Crippen LogP contribution < -0.4 is 10.5 Å². The summed E-state index contributed by atoms with van der Waals surface area (Å²) < 4.78 is 51.4. The van der Waals surface area contributed by atoms with Gasteiger partial charge in [0.05, 0.1) is 10.2 Å². The highest BCUT2D eigenvalue weighted by Crippen LogP contribution is 2.35. The number of alkyl halides is 3. The molecule has 0 aromatic heterocycles. The molecule has 0 spiro atoms. The standard InChI is InChI=1S/C7H4BrF4NO/c8-6-4(13)1-3(9)2-5(6)14-7(10,11)12/h1-2H,13H2. The number of rotatable bonds is 1. The molecule has 0 heterocycles. The molecule has 7 heteroatoms. The highest BCUT2D eigenvalue weighted by atomic mass is 79.9. The van der Waals surface area contributed by atoms with Crippen LogP contribution >= 0.6 is 15.9 Å². The van der Waals surface area contributed by atoms with Crippen molar-refractivity contribution >= 4 is 21.6 Å². The largest absolute Gasteiger partial charge is 0.573 e. The molecular formula is C7H4BrF4NO. The zero-order valence-corrected chi connectivity index (χ0v) is 8.12. The van der Waals surface area contributed by atoms with Gasteiger partial charge < -0.3 is 10.5 Å². The Kier molecular flexibility index (Phi) is 2.89. The molecule has 0 aliphatic rings. The van der Waals surface area contributed by atoms with Crippen LogP contribution in [0.1, 0.15) is 0 Å². The first-order valence-corrected chi connectivity index (χ1v) is 4.09. The van der Waals surface area contributed by atoms with Gasteiger partial charge in [-0.15, -0.1) is 13.2 Å². The maximum absolute atomic E-state index is 12.6. The van der Waals surface area contributed by atoms with E-state index in [1.807, 2.05) is 0 Å². The van der Waals surface area contributed by atoms with Crippen molar-refractivity contribution in [2.75, 3.05) is 5.73 Å². The first-order chi connectivity index (χ1) is 6.29. The fourth-order valence-corrected chi connectivity index (χ4v) is 1.09. The number of nitrogen functional groups attached to an aromatic ring is 1. The molecule has 0 saturated carbocycles. The van der Waals surface area contributed by atoms with Crippen molar-refractivity contribution < 1.29 is 22.3 Å². The first kappa shape index (κ1) is 11.1. The van der Waals surface area contributed by atoms with Gasteiger partial charge in [-0.3, -0.25) is 0 Å². The highest BCUT2D eigenvalue weighted by Gasteiger charge is 2.32. The lowest BCUT2D eigenvalue weighted by atomic mass is 10.3. The van der Waals surface area contributed by atoms with E-state index in [9.17, 15) is 17.6 Å². The van der Waals surface area contributed by atoms with Crippen LogP contribution in [0.25, 0.3) is 0 Å². The summed E-state index contributed by atoms with van der Waals surface area (Å²) in [6, 6.07) is 1.47. The van der Waals surface area contributed by atoms with Gasteiger partial charge in [-0.1, -0.05) is 0 Å². The van der Waals surface area contributed by atoms with E-state index in [2.05, 4.69) is 20.7 Å². The first-order valence-electron chi connectivity index (χ1n) is 3.30. The van der Waals surface area contributed by atoms with Crippen LogP contribution in [0.3, 0.4) is 0 Å². The Bertz CT molecular complexity index is 352. The van der Waals surface area contributed by atoms with E-state index in [0.29, 0.717) is 6.07 Å². The second kappa shape index (κ2) is 3.64. The van der Waals surface area contributed by atoms with E-state index >= 15 is 0 Å². The maximum atomic E-state index is 12.6. The van der Waals surface area contributed by atoms with Crippen molar-refractivity contribution in [3.63, 3.8) is 0 Å². The summed E-state index contributed by atoms with van der Waals surface area (Å²) in [5, 5.41) is 0. The summed E-state index contributed by atoms with van der Waals surface area (Å²) in [7, 11) is 0. The molecule has 0 saturated heterocycles. The molecule has 78 valence electrons. The molecule has 0 aliphatic carbocycles. The summed E-state index contributed by atoms with van der Waals surface area (Å²) >= 11 is 2.75. The lowest BCUT2D eigenvalue weighted by Gasteiger charge is -2.11. The van der Waals surface area contributed by atoms with E-state index in [0.717, 1.165) is 6.07 Å². The van der Waals surface area contributed by atoms with Gasteiger partial charge >= 0.3 is 6.36 Å². The van der Waals surface area contributed by atoms with E-state index in [1.54, 1.807) is 0 Å². The molecule has 2 N–H and O–H groups in total. The summed E-state index contributed by atoms with van der Waals surface area (Å²) in [4.78, 5) is 0. The minimum Gasteiger partial charge on any atom is -0.404 e. The Morgan fingerprint density at radius 2 is 1.86 bits per heavy atom. The third-order valence-corrected chi connectivity index (χ3v) is 2.11. The Balaban J connectivity index is 3.09. The molecule has 1 aromatic carbocycles. The van der Waals surface area contributed by atoms with Crippen molar-refractivity contribution in [3.8, 4) is 5.75 Å². The number of hydrogen-bond acceptors (Lipinski definition) is 2. The number of halogens is 5. The molecule has 1 aromatic rings. The number of hydrogen-bond donors (Lipinski definition) is 1. The normalized spacial score (nSPS) is 11.5. The van der Waals surface area contributed by atoms with E-state index < -0.39 is 17.9 Å². The highest BCUT2D eigenvalue weighted by molar-refractivity contribution is 9.10. The number of benzene rings is 1. The quantitative estimate of drug-likeness (QED) is 0.631. The third-order valence-electron chi connectivity index (χ3n) is 1.26. The van der Waals surface area contributed by atoms with Crippen molar-refractivity contribution in [1.29, 1.82) is 0 Å².